The Morgan fingerprint density at radius 3 is 2.00 bits per heavy atom. The lowest BCUT2D eigenvalue weighted by atomic mass is 9.95. The third kappa shape index (κ3) is 6.19. The van der Waals surface area contributed by atoms with Crippen molar-refractivity contribution in [1.82, 2.24) is 4.90 Å². The number of nitrogens with two attached hydrogens (primary N) is 1. The quantitative estimate of drug-likeness (QED) is 0.550. The monoisotopic (exact) mass is 274 g/mol. The summed E-state index contributed by atoms with van der Waals surface area (Å²) in [5.74, 6) is -3.39. The van der Waals surface area contributed by atoms with Crippen molar-refractivity contribution in [3.8, 4) is 0 Å². The van der Waals surface area contributed by atoms with Crippen molar-refractivity contribution in [2.75, 3.05) is 13.1 Å². The number of hydrogen-bond acceptors (Lipinski definition) is 4. The predicted octanol–water partition coefficient (Wildman–Crippen LogP) is 0.138. The second-order valence-corrected chi connectivity index (χ2v) is 4.32. The molecule has 0 aromatic heterocycles. The van der Waals surface area contributed by atoms with Gasteiger partial charge in [-0.2, -0.15) is 0 Å². The molecule has 0 heterocycles. The summed E-state index contributed by atoms with van der Waals surface area (Å²) in [5.41, 5.74) is 5.32. The van der Waals surface area contributed by atoms with Crippen molar-refractivity contribution in [3.63, 3.8) is 0 Å². The Balaban J connectivity index is 4.41. The largest absolute Gasteiger partial charge is 0.481 e. The normalized spacial score (nSPS) is 13.6. The number of amides is 1. The van der Waals surface area contributed by atoms with E-state index >= 15 is 0 Å². The van der Waals surface area contributed by atoms with Crippen molar-refractivity contribution >= 4 is 17.8 Å². The van der Waals surface area contributed by atoms with Gasteiger partial charge in [-0.05, 0) is 26.7 Å². The summed E-state index contributed by atoms with van der Waals surface area (Å²) < 4.78 is 0. The number of rotatable bonds is 9. The van der Waals surface area contributed by atoms with Gasteiger partial charge in [-0.1, -0.05) is 0 Å². The molecular formula is C12H22N2O5. The van der Waals surface area contributed by atoms with Crippen LogP contribution in [0.1, 0.15) is 33.1 Å². The Morgan fingerprint density at radius 1 is 1.11 bits per heavy atom. The lowest BCUT2D eigenvalue weighted by molar-refractivity contribution is -0.144. The van der Waals surface area contributed by atoms with E-state index in [1.807, 2.05) is 13.8 Å². The Morgan fingerprint density at radius 2 is 1.63 bits per heavy atom. The summed E-state index contributed by atoms with van der Waals surface area (Å²) in [5, 5.41) is 17.7. The van der Waals surface area contributed by atoms with Crippen LogP contribution in [-0.2, 0) is 14.4 Å². The standard InChI is InChI=1S/C12H22N2O5/c1-3-14(4-2)10(15)6-5-8(11(16)17)7-9(13)12(18)19/h8-9H,3-7,13H2,1-2H3,(H,16,17)(H,18,19)/t8-,9+/m1/s1. The van der Waals surface area contributed by atoms with E-state index in [0.29, 0.717) is 13.1 Å². The number of aliphatic carboxylic acids is 2. The molecule has 1 amide bonds. The van der Waals surface area contributed by atoms with Gasteiger partial charge < -0.3 is 20.8 Å². The molecule has 4 N–H and O–H groups in total. The van der Waals surface area contributed by atoms with Gasteiger partial charge in [0, 0.05) is 19.5 Å². The van der Waals surface area contributed by atoms with Crippen LogP contribution in [0.5, 0.6) is 0 Å². The molecule has 0 saturated carbocycles. The third-order valence-electron chi connectivity index (χ3n) is 3.03. The topological polar surface area (TPSA) is 121 Å². The van der Waals surface area contributed by atoms with E-state index in [1.54, 1.807) is 4.90 Å². The molecule has 7 heteroatoms. The smallest absolute Gasteiger partial charge is 0.320 e. The van der Waals surface area contributed by atoms with Crippen LogP contribution < -0.4 is 5.73 Å². The Labute approximate surface area is 112 Å². The van der Waals surface area contributed by atoms with E-state index in [9.17, 15) is 14.4 Å². The highest BCUT2D eigenvalue weighted by atomic mass is 16.4. The molecule has 2 atom stereocenters. The summed E-state index contributed by atoms with van der Waals surface area (Å²) in [6, 6.07) is -1.22. The number of nitrogens with zero attached hydrogens (tertiary/aromatic N) is 1. The minimum atomic E-state index is -1.23. The van der Waals surface area contributed by atoms with Crippen molar-refractivity contribution in [1.29, 1.82) is 0 Å². The lowest BCUT2D eigenvalue weighted by Crippen LogP contribution is -2.35. The van der Waals surface area contributed by atoms with Gasteiger partial charge in [-0.3, -0.25) is 14.4 Å². The summed E-state index contributed by atoms with van der Waals surface area (Å²) in [6.45, 7) is 4.83. The molecule has 0 aliphatic rings. The Bertz CT molecular complexity index is 328. The maximum atomic E-state index is 11.7. The zero-order valence-corrected chi connectivity index (χ0v) is 11.3. The van der Waals surface area contributed by atoms with E-state index in [0.717, 1.165) is 0 Å². The van der Waals surface area contributed by atoms with Gasteiger partial charge in [0.25, 0.3) is 0 Å². The summed E-state index contributed by atoms with van der Waals surface area (Å²) in [7, 11) is 0. The van der Waals surface area contributed by atoms with E-state index in [2.05, 4.69) is 0 Å². The molecule has 0 bridgehead atoms. The van der Waals surface area contributed by atoms with Gasteiger partial charge in [0.05, 0.1) is 5.92 Å². The highest BCUT2D eigenvalue weighted by Gasteiger charge is 2.25. The zero-order valence-electron chi connectivity index (χ0n) is 11.3. The molecule has 0 fully saturated rings. The second kappa shape index (κ2) is 8.47. The van der Waals surface area contributed by atoms with Crippen LogP contribution in [-0.4, -0.2) is 52.1 Å². The molecular weight excluding hydrogens is 252 g/mol. The van der Waals surface area contributed by atoms with Crippen molar-refractivity contribution in [3.05, 3.63) is 0 Å². The van der Waals surface area contributed by atoms with Crippen LogP contribution >= 0.6 is 0 Å². The number of carboxylic acid groups (broad SMARTS) is 2. The SMILES string of the molecule is CCN(CC)C(=O)CC[C@H](C[C@H](N)C(=O)O)C(=O)O. The molecule has 0 aromatic carbocycles. The first kappa shape index (κ1) is 17.4. The number of carboxylic acids is 2. The molecule has 0 aromatic rings. The molecule has 0 aliphatic carbocycles. The average Bonchev–Trinajstić information content (AvgIpc) is 2.34. The number of hydrogen-bond donors (Lipinski definition) is 3. The highest BCUT2D eigenvalue weighted by Crippen LogP contribution is 2.15. The van der Waals surface area contributed by atoms with Crippen molar-refractivity contribution < 1.29 is 24.6 Å². The van der Waals surface area contributed by atoms with Crippen LogP contribution in [0.2, 0.25) is 0 Å². The van der Waals surface area contributed by atoms with Crippen molar-refractivity contribution in [2.45, 2.75) is 39.2 Å². The van der Waals surface area contributed by atoms with E-state index in [-0.39, 0.29) is 25.2 Å². The van der Waals surface area contributed by atoms with Gasteiger partial charge in [0.1, 0.15) is 6.04 Å². The molecule has 19 heavy (non-hydrogen) atoms. The average molecular weight is 274 g/mol. The molecule has 0 rings (SSSR count). The lowest BCUT2D eigenvalue weighted by Gasteiger charge is -2.20. The fraction of sp³-hybridized carbons (Fsp3) is 0.750. The van der Waals surface area contributed by atoms with Crippen LogP contribution in [0.3, 0.4) is 0 Å². The minimum Gasteiger partial charge on any atom is -0.481 e. The predicted molar refractivity (Wildman–Crippen MR) is 68.5 cm³/mol. The van der Waals surface area contributed by atoms with E-state index in [4.69, 9.17) is 15.9 Å². The van der Waals surface area contributed by atoms with E-state index < -0.39 is 23.9 Å². The fourth-order valence-electron chi connectivity index (χ4n) is 1.78. The first-order chi connectivity index (χ1) is 8.83. The Kier molecular flexibility index (Phi) is 7.74. The van der Waals surface area contributed by atoms with E-state index in [1.165, 1.54) is 0 Å². The van der Waals surface area contributed by atoms with Gasteiger partial charge in [-0.15, -0.1) is 0 Å². The molecule has 0 spiro atoms. The molecule has 110 valence electrons. The van der Waals surface area contributed by atoms with Gasteiger partial charge in [-0.25, -0.2) is 0 Å². The Hall–Kier alpha value is -1.63. The zero-order chi connectivity index (χ0) is 15.0. The molecule has 0 aliphatic heterocycles. The van der Waals surface area contributed by atoms with Crippen molar-refractivity contribution in [2.24, 2.45) is 11.7 Å². The fourth-order valence-corrected chi connectivity index (χ4v) is 1.78. The maximum Gasteiger partial charge on any atom is 0.320 e. The van der Waals surface area contributed by atoms with Crippen LogP contribution in [0, 0.1) is 5.92 Å². The minimum absolute atomic E-state index is 0.0883. The van der Waals surface area contributed by atoms with Crippen LogP contribution in [0.4, 0.5) is 0 Å². The second-order valence-electron chi connectivity index (χ2n) is 4.32. The number of carbonyl (C=O) groups excluding carboxylic acids is 1. The summed E-state index contributed by atoms with van der Waals surface area (Å²) in [6.07, 6.45) is 0.0207. The molecule has 0 unspecified atom stereocenters. The first-order valence-electron chi connectivity index (χ1n) is 6.32. The van der Waals surface area contributed by atoms with Crippen LogP contribution in [0.25, 0.3) is 0 Å². The molecule has 7 nitrogen and oxygen atoms in total. The number of carbonyl (C=O) groups is 3. The van der Waals surface area contributed by atoms with Crippen LogP contribution in [0.15, 0.2) is 0 Å². The summed E-state index contributed by atoms with van der Waals surface area (Å²) >= 11 is 0. The van der Waals surface area contributed by atoms with Gasteiger partial charge in [0.2, 0.25) is 5.91 Å². The first-order valence-corrected chi connectivity index (χ1v) is 6.32. The van der Waals surface area contributed by atoms with Gasteiger partial charge >= 0.3 is 11.9 Å². The molecule has 0 saturated heterocycles. The third-order valence-corrected chi connectivity index (χ3v) is 3.03. The highest BCUT2D eigenvalue weighted by molar-refractivity contribution is 5.78. The maximum absolute atomic E-state index is 11.7. The molecule has 0 radical (unpaired) electrons. The summed E-state index contributed by atoms with van der Waals surface area (Å²) in [4.78, 5) is 35.0. The van der Waals surface area contributed by atoms with Gasteiger partial charge in [0.15, 0.2) is 0 Å².